The summed E-state index contributed by atoms with van der Waals surface area (Å²) in [6, 6.07) is 0.276. The lowest BCUT2D eigenvalue weighted by atomic mass is 10.2. The second kappa shape index (κ2) is 5.34. The molecule has 0 saturated carbocycles. The predicted molar refractivity (Wildman–Crippen MR) is 53.0 cm³/mol. The maximum atomic E-state index is 10.8. The molecule has 0 aromatic rings. The molecule has 1 rings (SSSR count). The molecular weight excluding hydrogens is 188 g/mol. The zero-order valence-corrected chi connectivity index (χ0v) is 8.65. The Labute approximate surface area is 80.9 Å². The molecule has 5 heteroatoms. The first kappa shape index (κ1) is 10.7. The maximum absolute atomic E-state index is 10.8. The molecule has 2 N–H and O–H groups in total. The summed E-state index contributed by atoms with van der Waals surface area (Å²) in [5.41, 5.74) is 0. The minimum atomic E-state index is -0.725. The molecule has 0 aromatic carbocycles. The lowest BCUT2D eigenvalue weighted by molar-refractivity contribution is -0.119. The summed E-state index contributed by atoms with van der Waals surface area (Å²) < 4.78 is 10.7. The average molecular weight is 204 g/mol. The summed E-state index contributed by atoms with van der Waals surface area (Å²) >= 11 is 0. The van der Waals surface area contributed by atoms with Crippen LogP contribution >= 0.6 is 0 Å². The van der Waals surface area contributed by atoms with E-state index in [4.69, 9.17) is 0 Å². The van der Waals surface area contributed by atoms with Crippen molar-refractivity contribution in [3.63, 3.8) is 0 Å². The van der Waals surface area contributed by atoms with Gasteiger partial charge in [0.2, 0.25) is 5.91 Å². The average Bonchev–Trinajstić information content (AvgIpc) is 2.45. The van der Waals surface area contributed by atoms with E-state index in [0.717, 1.165) is 19.5 Å². The predicted octanol–water partition coefficient (Wildman–Crippen LogP) is -0.767. The van der Waals surface area contributed by atoms with Crippen molar-refractivity contribution in [1.82, 2.24) is 10.6 Å². The smallest absolute Gasteiger partial charge is 0.220 e. The molecule has 0 radical (unpaired) electrons. The number of hydrogen-bond donors (Lipinski definition) is 2. The van der Waals surface area contributed by atoms with Gasteiger partial charge in [-0.3, -0.25) is 9.00 Å². The topological polar surface area (TPSA) is 58.2 Å². The van der Waals surface area contributed by atoms with Crippen LogP contribution in [-0.4, -0.2) is 41.3 Å². The first-order chi connectivity index (χ1) is 6.18. The highest BCUT2D eigenvalue weighted by Gasteiger charge is 2.19. The molecule has 0 bridgehead atoms. The normalized spacial score (nSPS) is 24.4. The van der Waals surface area contributed by atoms with Gasteiger partial charge in [0.25, 0.3) is 0 Å². The first-order valence-electron chi connectivity index (χ1n) is 4.48. The summed E-state index contributed by atoms with van der Waals surface area (Å²) in [4.78, 5) is 10.8. The van der Waals surface area contributed by atoms with Crippen molar-refractivity contribution in [3.8, 4) is 0 Å². The van der Waals surface area contributed by atoms with Crippen LogP contribution in [0.25, 0.3) is 0 Å². The molecule has 2 unspecified atom stereocenters. The van der Waals surface area contributed by atoms with Crippen molar-refractivity contribution >= 4 is 16.7 Å². The van der Waals surface area contributed by atoms with E-state index in [1.54, 1.807) is 6.26 Å². The summed E-state index contributed by atoms with van der Waals surface area (Å²) in [5.74, 6) is 0.826. The van der Waals surface area contributed by atoms with Crippen LogP contribution in [0.15, 0.2) is 0 Å². The van der Waals surface area contributed by atoms with Crippen LogP contribution in [0.2, 0.25) is 0 Å². The third-order valence-electron chi connectivity index (χ3n) is 2.04. The summed E-state index contributed by atoms with van der Waals surface area (Å²) in [6.07, 6.45) is 3.26. The van der Waals surface area contributed by atoms with E-state index in [0.29, 0.717) is 12.2 Å². The van der Waals surface area contributed by atoms with Gasteiger partial charge in [-0.25, -0.2) is 0 Å². The van der Waals surface area contributed by atoms with Crippen molar-refractivity contribution < 1.29 is 9.00 Å². The van der Waals surface area contributed by atoms with Gasteiger partial charge in [-0.1, -0.05) is 0 Å². The monoisotopic (exact) mass is 204 g/mol. The highest BCUT2D eigenvalue weighted by molar-refractivity contribution is 7.84. The fourth-order valence-electron chi connectivity index (χ4n) is 1.32. The highest BCUT2D eigenvalue weighted by atomic mass is 32.2. The van der Waals surface area contributed by atoms with Crippen LogP contribution in [0.1, 0.15) is 12.8 Å². The molecular formula is C8H16N2O2S. The minimum absolute atomic E-state index is 0.144. The molecule has 0 aromatic heterocycles. The number of carbonyl (C=O) groups is 1. The fraction of sp³-hybridized carbons (Fsp3) is 0.875. The second-order valence-corrected chi connectivity index (χ2v) is 4.84. The van der Waals surface area contributed by atoms with Gasteiger partial charge in [-0.05, 0) is 6.42 Å². The van der Waals surface area contributed by atoms with Gasteiger partial charge in [0, 0.05) is 48.4 Å². The van der Waals surface area contributed by atoms with E-state index in [9.17, 15) is 9.00 Å². The number of hydrogen-bond acceptors (Lipinski definition) is 3. The molecule has 2 atom stereocenters. The lowest BCUT2D eigenvalue weighted by Crippen LogP contribution is -2.36. The molecule has 1 amide bonds. The molecule has 1 aliphatic heterocycles. The van der Waals surface area contributed by atoms with E-state index in [2.05, 4.69) is 10.6 Å². The van der Waals surface area contributed by atoms with E-state index in [-0.39, 0.29) is 11.9 Å². The molecule has 13 heavy (non-hydrogen) atoms. The van der Waals surface area contributed by atoms with Crippen LogP contribution in [0.4, 0.5) is 0 Å². The van der Waals surface area contributed by atoms with Gasteiger partial charge >= 0.3 is 0 Å². The zero-order valence-electron chi connectivity index (χ0n) is 7.84. The Kier molecular flexibility index (Phi) is 4.38. The lowest BCUT2D eigenvalue weighted by Gasteiger charge is -2.10. The number of rotatable bonds is 5. The Morgan fingerprint density at radius 1 is 1.69 bits per heavy atom. The van der Waals surface area contributed by atoms with Gasteiger partial charge in [0.1, 0.15) is 0 Å². The van der Waals surface area contributed by atoms with E-state index >= 15 is 0 Å². The fourth-order valence-corrected chi connectivity index (χ4v) is 1.75. The largest absolute Gasteiger partial charge is 0.352 e. The van der Waals surface area contributed by atoms with Gasteiger partial charge in [-0.2, -0.15) is 0 Å². The molecule has 4 nitrogen and oxygen atoms in total. The molecule has 76 valence electrons. The van der Waals surface area contributed by atoms with Crippen molar-refractivity contribution in [1.29, 1.82) is 0 Å². The van der Waals surface area contributed by atoms with Crippen LogP contribution in [0.3, 0.4) is 0 Å². The van der Waals surface area contributed by atoms with Gasteiger partial charge < -0.3 is 10.6 Å². The molecule has 0 aliphatic carbocycles. The van der Waals surface area contributed by atoms with Gasteiger partial charge in [0.05, 0.1) is 0 Å². The molecule has 1 fully saturated rings. The first-order valence-corrected chi connectivity index (χ1v) is 6.21. The van der Waals surface area contributed by atoms with Crippen LogP contribution in [0.5, 0.6) is 0 Å². The Hall–Kier alpha value is -0.420. The standard InChI is InChI=1S/C8H16N2O2S/c1-13(12)5-4-9-6-7-2-3-8(11)10-7/h7,9H,2-6H2,1H3,(H,10,11). The molecule has 1 aliphatic rings. The van der Waals surface area contributed by atoms with E-state index < -0.39 is 10.8 Å². The van der Waals surface area contributed by atoms with Crippen LogP contribution in [0, 0.1) is 0 Å². The van der Waals surface area contributed by atoms with Crippen molar-refractivity contribution in [3.05, 3.63) is 0 Å². The highest BCUT2D eigenvalue weighted by Crippen LogP contribution is 2.04. The SMILES string of the molecule is CS(=O)CCNCC1CCC(=O)N1. The van der Waals surface area contributed by atoms with Crippen LogP contribution < -0.4 is 10.6 Å². The zero-order chi connectivity index (χ0) is 9.68. The van der Waals surface area contributed by atoms with Gasteiger partial charge in [0.15, 0.2) is 0 Å². The molecule has 0 spiro atoms. The Morgan fingerprint density at radius 3 is 3.00 bits per heavy atom. The van der Waals surface area contributed by atoms with Crippen LogP contribution in [-0.2, 0) is 15.6 Å². The molecule has 1 heterocycles. The maximum Gasteiger partial charge on any atom is 0.220 e. The van der Waals surface area contributed by atoms with Crippen molar-refractivity contribution in [2.45, 2.75) is 18.9 Å². The van der Waals surface area contributed by atoms with E-state index in [1.807, 2.05) is 0 Å². The van der Waals surface area contributed by atoms with Crippen molar-refractivity contribution in [2.75, 3.05) is 25.1 Å². The third kappa shape index (κ3) is 4.38. The number of carbonyl (C=O) groups excluding carboxylic acids is 1. The summed E-state index contributed by atoms with van der Waals surface area (Å²) in [7, 11) is -0.725. The van der Waals surface area contributed by atoms with E-state index in [1.165, 1.54) is 0 Å². The second-order valence-electron chi connectivity index (χ2n) is 3.28. The number of nitrogens with one attached hydrogen (secondary N) is 2. The van der Waals surface area contributed by atoms with Crippen molar-refractivity contribution in [2.24, 2.45) is 0 Å². The third-order valence-corrected chi connectivity index (χ3v) is 2.82. The Morgan fingerprint density at radius 2 is 2.46 bits per heavy atom. The minimum Gasteiger partial charge on any atom is -0.352 e. The molecule has 1 saturated heterocycles. The summed E-state index contributed by atoms with van der Waals surface area (Å²) in [5, 5.41) is 6.04. The Balaban J connectivity index is 2.00. The van der Waals surface area contributed by atoms with Gasteiger partial charge in [-0.15, -0.1) is 0 Å². The summed E-state index contributed by atoms with van der Waals surface area (Å²) in [6.45, 7) is 1.55. The Bertz CT molecular complexity index is 208. The number of amides is 1. The quantitative estimate of drug-likeness (QED) is 0.578.